The van der Waals surface area contributed by atoms with Gasteiger partial charge in [-0.3, -0.25) is 9.69 Å². The van der Waals surface area contributed by atoms with Crippen LogP contribution in [0.3, 0.4) is 0 Å². The van der Waals surface area contributed by atoms with Gasteiger partial charge in [-0.1, -0.05) is 49.6 Å². The van der Waals surface area contributed by atoms with Crippen molar-refractivity contribution in [2.75, 3.05) is 0 Å². The van der Waals surface area contributed by atoms with E-state index in [4.69, 9.17) is 21.0 Å². The van der Waals surface area contributed by atoms with Crippen molar-refractivity contribution in [3.05, 3.63) is 81.9 Å². The van der Waals surface area contributed by atoms with E-state index < -0.39 is 5.97 Å². The molecule has 1 aliphatic carbocycles. The summed E-state index contributed by atoms with van der Waals surface area (Å²) in [4.78, 5) is 32.3. The van der Waals surface area contributed by atoms with Gasteiger partial charge in [-0.25, -0.2) is 9.79 Å². The number of para-hydroxylation sites is 1. The molecular weight excluding hydrogens is 496 g/mol. The Hall–Kier alpha value is -3.29. The van der Waals surface area contributed by atoms with E-state index in [0.717, 1.165) is 24.9 Å². The van der Waals surface area contributed by atoms with Gasteiger partial charge in [0.2, 0.25) is 0 Å². The van der Waals surface area contributed by atoms with Crippen LogP contribution < -0.4 is 0 Å². The fourth-order valence-electron chi connectivity index (χ4n) is 4.71. The third kappa shape index (κ3) is 4.99. The zero-order chi connectivity index (χ0) is 25.2. The molecule has 1 aliphatic heterocycles. The standard InChI is InChI=1S/C28H25ClN2O4S/c1-17-7-5-6-10-23(17)31-26(32)25(36-28(31)30-19-8-3-2-4-9-19)16-20-12-14-24(35-20)18-11-13-22(29)21(15-18)27(33)34/h2-4,8-9,11-17,23H,5-7,10H2,1H3,(H,33,34)/b25-16-,30-28?/t17-,23+/m1/s1. The molecule has 8 heteroatoms. The summed E-state index contributed by atoms with van der Waals surface area (Å²) in [6, 6.07) is 18.0. The van der Waals surface area contributed by atoms with Gasteiger partial charge in [0, 0.05) is 17.7 Å². The Bertz CT molecular complexity index is 1360. The van der Waals surface area contributed by atoms with E-state index in [2.05, 4.69) is 6.92 Å². The van der Waals surface area contributed by atoms with Crippen molar-refractivity contribution in [3.8, 4) is 11.3 Å². The van der Waals surface area contributed by atoms with Gasteiger partial charge >= 0.3 is 5.97 Å². The van der Waals surface area contributed by atoms with E-state index in [1.54, 1.807) is 24.3 Å². The molecule has 0 unspecified atom stereocenters. The number of carboxylic acids is 1. The van der Waals surface area contributed by atoms with Gasteiger partial charge in [-0.15, -0.1) is 0 Å². The number of thioether (sulfide) groups is 1. The first-order valence-corrected chi connectivity index (χ1v) is 13.1. The highest BCUT2D eigenvalue weighted by molar-refractivity contribution is 8.18. The number of carbonyl (C=O) groups is 2. The molecule has 2 aliphatic rings. The monoisotopic (exact) mass is 520 g/mol. The molecule has 1 saturated carbocycles. The molecule has 1 amide bonds. The van der Waals surface area contributed by atoms with Gasteiger partial charge in [-0.2, -0.15) is 0 Å². The lowest BCUT2D eigenvalue weighted by Gasteiger charge is -2.35. The summed E-state index contributed by atoms with van der Waals surface area (Å²) in [5.74, 6) is 0.224. The van der Waals surface area contributed by atoms with Gasteiger partial charge < -0.3 is 9.52 Å². The van der Waals surface area contributed by atoms with Gasteiger partial charge in [0.25, 0.3) is 5.91 Å². The number of aliphatic imine (C=N–C) groups is 1. The SMILES string of the molecule is C[C@@H]1CCCC[C@@H]1N1C(=O)/C(=C/c2ccc(-c3ccc(Cl)c(C(=O)O)c3)o2)SC1=Nc1ccccc1. The van der Waals surface area contributed by atoms with E-state index in [1.807, 2.05) is 35.2 Å². The second-order valence-electron chi connectivity index (χ2n) is 9.05. The Balaban J connectivity index is 1.47. The fraction of sp³-hybridized carbons (Fsp3) is 0.250. The lowest BCUT2D eigenvalue weighted by Crippen LogP contribution is -2.44. The molecule has 36 heavy (non-hydrogen) atoms. The van der Waals surface area contributed by atoms with Crippen LogP contribution in [-0.4, -0.2) is 33.1 Å². The number of aromatic carboxylic acids is 1. The number of carbonyl (C=O) groups excluding carboxylic acids is 1. The van der Waals surface area contributed by atoms with Crippen LogP contribution in [0.5, 0.6) is 0 Å². The van der Waals surface area contributed by atoms with Gasteiger partial charge in [-0.05, 0) is 73.0 Å². The highest BCUT2D eigenvalue weighted by Gasteiger charge is 2.41. The Morgan fingerprint density at radius 2 is 1.92 bits per heavy atom. The third-order valence-corrected chi connectivity index (χ3v) is 7.91. The molecule has 1 saturated heterocycles. The van der Waals surface area contributed by atoms with Crippen LogP contribution in [0.25, 0.3) is 17.4 Å². The van der Waals surface area contributed by atoms with E-state index in [0.29, 0.717) is 33.1 Å². The van der Waals surface area contributed by atoms with Crippen LogP contribution in [0.2, 0.25) is 5.02 Å². The van der Waals surface area contributed by atoms with Crippen molar-refractivity contribution in [2.45, 2.75) is 38.6 Å². The molecule has 1 aromatic heterocycles. The van der Waals surface area contributed by atoms with Gasteiger partial charge in [0.05, 0.1) is 21.2 Å². The normalized spacial score (nSPS) is 22.5. The van der Waals surface area contributed by atoms with Crippen LogP contribution in [0.15, 0.2) is 75.0 Å². The maximum atomic E-state index is 13.6. The fourth-order valence-corrected chi connectivity index (χ4v) is 5.93. The average Bonchev–Trinajstić information content (AvgIpc) is 3.45. The first-order valence-electron chi connectivity index (χ1n) is 11.9. The molecule has 2 fully saturated rings. The molecule has 184 valence electrons. The minimum atomic E-state index is -1.11. The molecule has 6 nitrogen and oxygen atoms in total. The molecule has 2 heterocycles. The molecule has 1 N–H and O–H groups in total. The van der Waals surface area contributed by atoms with Crippen LogP contribution >= 0.6 is 23.4 Å². The van der Waals surface area contributed by atoms with Crippen LogP contribution in [0, 0.1) is 5.92 Å². The Labute approximate surface area is 218 Å². The van der Waals surface area contributed by atoms with E-state index in [9.17, 15) is 14.7 Å². The minimum absolute atomic E-state index is 0.00556. The summed E-state index contributed by atoms with van der Waals surface area (Å²) < 4.78 is 5.97. The number of nitrogens with zero attached hydrogens (tertiary/aromatic N) is 2. The van der Waals surface area contributed by atoms with Crippen molar-refractivity contribution in [1.29, 1.82) is 0 Å². The van der Waals surface area contributed by atoms with E-state index in [1.165, 1.54) is 30.3 Å². The summed E-state index contributed by atoms with van der Waals surface area (Å²) >= 11 is 7.35. The maximum Gasteiger partial charge on any atom is 0.337 e. The summed E-state index contributed by atoms with van der Waals surface area (Å²) in [5, 5.41) is 10.2. The molecule has 5 rings (SSSR count). The average molecular weight is 521 g/mol. The lowest BCUT2D eigenvalue weighted by atomic mass is 9.85. The van der Waals surface area contributed by atoms with Crippen molar-refractivity contribution in [3.63, 3.8) is 0 Å². The lowest BCUT2D eigenvalue weighted by molar-refractivity contribution is -0.124. The highest BCUT2D eigenvalue weighted by atomic mass is 35.5. The zero-order valence-corrected chi connectivity index (χ0v) is 21.3. The number of amidine groups is 1. The molecule has 0 bridgehead atoms. The molecular formula is C28H25ClN2O4S. The van der Waals surface area contributed by atoms with Crippen molar-refractivity contribution in [1.82, 2.24) is 4.90 Å². The molecule has 0 spiro atoms. The molecule has 3 aromatic rings. The summed E-state index contributed by atoms with van der Waals surface area (Å²) in [6.45, 7) is 2.21. The van der Waals surface area contributed by atoms with Crippen molar-refractivity contribution in [2.24, 2.45) is 10.9 Å². The van der Waals surface area contributed by atoms with E-state index in [-0.39, 0.29) is 22.5 Å². The van der Waals surface area contributed by atoms with Crippen LogP contribution in [0.1, 0.15) is 48.7 Å². The Morgan fingerprint density at radius 1 is 1.14 bits per heavy atom. The summed E-state index contributed by atoms with van der Waals surface area (Å²) in [6.07, 6.45) is 6.07. The first kappa shape index (κ1) is 24.4. The third-order valence-electron chi connectivity index (χ3n) is 6.60. The van der Waals surface area contributed by atoms with Gasteiger partial charge in [0.1, 0.15) is 11.5 Å². The topological polar surface area (TPSA) is 83.1 Å². The number of halogens is 1. The second-order valence-corrected chi connectivity index (χ2v) is 10.5. The molecule has 0 radical (unpaired) electrons. The summed E-state index contributed by atoms with van der Waals surface area (Å²) in [5.41, 5.74) is 1.40. The van der Waals surface area contributed by atoms with E-state index >= 15 is 0 Å². The predicted molar refractivity (Wildman–Crippen MR) is 143 cm³/mol. The molecule has 2 atom stereocenters. The summed E-state index contributed by atoms with van der Waals surface area (Å²) in [7, 11) is 0. The number of furan rings is 1. The highest BCUT2D eigenvalue weighted by Crippen LogP contribution is 2.40. The van der Waals surface area contributed by atoms with Crippen LogP contribution in [0.4, 0.5) is 5.69 Å². The number of hydrogen-bond acceptors (Lipinski definition) is 5. The Morgan fingerprint density at radius 3 is 2.67 bits per heavy atom. The smallest absolute Gasteiger partial charge is 0.337 e. The zero-order valence-electron chi connectivity index (χ0n) is 19.7. The molecule has 2 aromatic carbocycles. The van der Waals surface area contributed by atoms with Crippen molar-refractivity contribution >= 4 is 52.2 Å². The second kappa shape index (κ2) is 10.4. The number of carboxylic acid groups (broad SMARTS) is 1. The largest absolute Gasteiger partial charge is 0.478 e. The quantitative estimate of drug-likeness (QED) is 0.352. The Kier molecular flexibility index (Phi) is 7.03. The number of benzene rings is 2. The minimum Gasteiger partial charge on any atom is -0.478 e. The number of rotatable bonds is 5. The number of hydrogen-bond donors (Lipinski definition) is 1. The first-order chi connectivity index (χ1) is 17.4. The van der Waals surface area contributed by atoms with Crippen LogP contribution in [-0.2, 0) is 4.79 Å². The predicted octanol–water partition coefficient (Wildman–Crippen LogP) is 7.48. The van der Waals surface area contributed by atoms with Crippen molar-refractivity contribution < 1.29 is 19.1 Å². The number of amides is 1. The maximum absolute atomic E-state index is 13.6. The van der Waals surface area contributed by atoms with Gasteiger partial charge in [0.15, 0.2) is 5.17 Å².